The van der Waals surface area contributed by atoms with Gasteiger partial charge < -0.3 is 14.5 Å². The summed E-state index contributed by atoms with van der Waals surface area (Å²) in [6.07, 6.45) is 4.46. The molecule has 0 bridgehead atoms. The number of benzene rings is 2. The third-order valence-electron chi connectivity index (χ3n) is 6.10. The molecule has 4 rings (SSSR count). The lowest BCUT2D eigenvalue weighted by atomic mass is 10.0. The van der Waals surface area contributed by atoms with Gasteiger partial charge in [0.05, 0.1) is 29.9 Å². The van der Waals surface area contributed by atoms with Crippen LogP contribution < -0.4 is 10.1 Å². The standard InChI is InChI=1S/C25H30N2O5S/c1-4-31-23-9-8-20(33(29,30)27-10-6-5-7-11-27)15-22(23)26-25(28)14-19-16-32-24-13-18(3)17(2)12-21(19)24/h8-9,12-13,15-16H,4-7,10-11,14H2,1-3H3,(H,26,28). The van der Waals surface area contributed by atoms with E-state index in [-0.39, 0.29) is 17.2 Å². The second kappa shape index (κ2) is 9.57. The van der Waals surface area contributed by atoms with Gasteiger partial charge in [-0.1, -0.05) is 6.42 Å². The number of piperidine rings is 1. The molecule has 1 aliphatic heterocycles. The van der Waals surface area contributed by atoms with E-state index in [1.54, 1.807) is 18.4 Å². The second-order valence-corrected chi connectivity index (χ2v) is 10.4. The predicted octanol–water partition coefficient (Wildman–Crippen LogP) is 4.80. The lowest BCUT2D eigenvalue weighted by Gasteiger charge is -2.26. The zero-order valence-electron chi connectivity index (χ0n) is 19.3. The van der Waals surface area contributed by atoms with Gasteiger partial charge in [0.25, 0.3) is 0 Å². The van der Waals surface area contributed by atoms with Crippen LogP contribution in [-0.2, 0) is 21.2 Å². The zero-order valence-corrected chi connectivity index (χ0v) is 20.1. The van der Waals surface area contributed by atoms with Crippen molar-refractivity contribution in [1.82, 2.24) is 4.31 Å². The summed E-state index contributed by atoms with van der Waals surface area (Å²) < 4.78 is 39.0. The zero-order chi connectivity index (χ0) is 23.6. The Morgan fingerprint density at radius 1 is 1.09 bits per heavy atom. The molecule has 1 saturated heterocycles. The van der Waals surface area contributed by atoms with Crippen molar-refractivity contribution >= 4 is 32.6 Å². The van der Waals surface area contributed by atoms with E-state index < -0.39 is 10.0 Å². The van der Waals surface area contributed by atoms with Gasteiger partial charge in [-0.15, -0.1) is 0 Å². The highest BCUT2D eigenvalue weighted by Gasteiger charge is 2.27. The molecule has 3 aromatic rings. The van der Waals surface area contributed by atoms with Gasteiger partial charge in [-0.3, -0.25) is 4.79 Å². The number of nitrogens with one attached hydrogen (secondary N) is 1. The number of hydrogen-bond donors (Lipinski definition) is 1. The Balaban J connectivity index is 1.59. The van der Waals surface area contributed by atoms with Gasteiger partial charge in [0.15, 0.2) is 0 Å². The Morgan fingerprint density at radius 2 is 1.82 bits per heavy atom. The largest absolute Gasteiger partial charge is 0.492 e. The Kier molecular flexibility index (Phi) is 6.76. The van der Waals surface area contributed by atoms with E-state index in [2.05, 4.69) is 5.32 Å². The first-order chi connectivity index (χ1) is 15.8. The van der Waals surface area contributed by atoms with Crippen molar-refractivity contribution in [2.75, 3.05) is 25.0 Å². The van der Waals surface area contributed by atoms with Crippen LogP contribution in [0.2, 0.25) is 0 Å². The summed E-state index contributed by atoms with van der Waals surface area (Å²) >= 11 is 0. The molecule has 1 N–H and O–H groups in total. The van der Waals surface area contributed by atoms with Gasteiger partial charge >= 0.3 is 0 Å². The van der Waals surface area contributed by atoms with E-state index in [4.69, 9.17) is 9.15 Å². The minimum Gasteiger partial charge on any atom is -0.492 e. The number of furan rings is 1. The van der Waals surface area contributed by atoms with Crippen LogP contribution in [0.3, 0.4) is 0 Å². The van der Waals surface area contributed by atoms with Gasteiger partial charge in [-0.05, 0) is 75.1 Å². The van der Waals surface area contributed by atoms with E-state index >= 15 is 0 Å². The summed E-state index contributed by atoms with van der Waals surface area (Å²) in [5.74, 6) is 0.163. The molecule has 33 heavy (non-hydrogen) atoms. The average molecular weight is 471 g/mol. The number of ether oxygens (including phenoxy) is 1. The molecule has 2 aromatic carbocycles. The summed E-state index contributed by atoms with van der Waals surface area (Å²) in [5.41, 5.74) is 4.12. The third kappa shape index (κ3) is 4.91. The van der Waals surface area contributed by atoms with Crippen molar-refractivity contribution in [2.24, 2.45) is 0 Å². The molecular weight excluding hydrogens is 440 g/mol. The molecule has 0 saturated carbocycles. The maximum atomic E-state index is 13.1. The van der Waals surface area contributed by atoms with Crippen LogP contribution in [0.4, 0.5) is 5.69 Å². The molecule has 176 valence electrons. The molecule has 0 radical (unpaired) electrons. The number of rotatable bonds is 7. The number of hydrogen-bond acceptors (Lipinski definition) is 5. The van der Waals surface area contributed by atoms with E-state index in [1.807, 2.05) is 32.9 Å². The molecule has 0 aliphatic carbocycles. The molecule has 1 aromatic heterocycles. The van der Waals surface area contributed by atoms with E-state index in [1.165, 1.54) is 10.4 Å². The van der Waals surface area contributed by atoms with Crippen LogP contribution in [0.25, 0.3) is 11.0 Å². The summed E-state index contributed by atoms with van der Waals surface area (Å²) in [6.45, 7) is 7.31. The van der Waals surface area contributed by atoms with Gasteiger partial charge in [0.2, 0.25) is 15.9 Å². The van der Waals surface area contributed by atoms with Gasteiger partial charge in [-0.25, -0.2) is 8.42 Å². The molecule has 0 spiro atoms. The molecule has 1 amide bonds. The van der Waals surface area contributed by atoms with Crippen LogP contribution in [0.1, 0.15) is 42.9 Å². The van der Waals surface area contributed by atoms with Crippen molar-refractivity contribution in [1.29, 1.82) is 0 Å². The number of anilines is 1. The van der Waals surface area contributed by atoms with Crippen LogP contribution in [-0.4, -0.2) is 38.3 Å². The Morgan fingerprint density at radius 3 is 2.55 bits per heavy atom. The molecule has 1 fully saturated rings. The summed E-state index contributed by atoms with van der Waals surface area (Å²) in [6, 6.07) is 8.63. The third-order valence-corrected chi connectivity index (χ3v) is 7.99. The second-order valence-electron chi connectivity index (χ2n) is 8.47. The number of fused-ring (bicyclic) bond motifs is 1. The number of nitrogens with zero attached hydrogens (tertiary/aromatic N) is 1. The van der Waals surface area contributed by atoms with Crippen molar-refractivity contribution in [3.05, 3.63) is 53.3 Å². The van der Waals surface area contributed by atoms with E-state index in [0.717, 1.165) is 46.9 Å². The Hall–Kier alpha value is -2.84. The highest BCUT2D eigenvalue weighted by molar-refractivity contribution is 7.89. The number of sulfonamides is 1. The number of aryl methyl sites for hydroxylation is 2. The van der Waals surface area contributed by atoms with Gasteiger partial charge in [0, 0.05) is 24.0 Å². The molecule has 1 aliphatic rings. The summed E-state index contributed by atoms with van der Waals surface area (Å²) in [5, 5.41) is 3.75. The first-order valence-corrected chi connectivity index (χ1v) is 12.8. The molecule has 8 heteroatoms. The lowest BCUT2D eigenvalue weighted by Crippen LogP contribution is -2.35. The summed E-state index contributed by atoms with van der Waals surface area (Å²) in [4.78, 5) is 13.1. The number of amides is 1. The quantitative estimate of drug-likeness (QED) is 0.536. The minimum absolute atomic E-state index is 0.101. The summed E-state index contributed by atoms with van der Waals surface area (Å²) in [7, 11) is -3.63. The lowest BCUT2D eigenvalue weighted by molar-refractivity contribution is -0.115. The first kappa shape index (κ1) is 23.3. The highest BCUT2D eigenvalue weighted by atomic mass is 32.2. The highest BCUT2D eigenvalue weighted by Crippen LogP contribution is 2.31. The fourth-order valence-electron chi connectivity index (χ4n) is 4.14. The average Bonchev–Trinajstić information content (AvgIpc) is 3.17. The minimum atomic E-state index is -3.63. The maximum absolute atomic E-state index is 13.1. The topological polar surface area (TPSA) is 88.9 Å². The van der Waals surface area contributed by atoms with E-state index in [9.17, 15) is 13.2 Å². The molecule has 2 heterocycles. The van der Waals surface area contributed by atoms with Crippen molar-refractivity contribution in [3.8, 4) is 5.75 Å². The van der Waals surface area contributed by atoms with Crippen LogP contribution >= 0.6 is 0 Å². The van der Waals surface area contributed by atoms with Gasteiger partial charge in [-0.2, -0.15) is 4.31 Å². The molecule has 0 atom stereocenters. The molecule has 7 nitrogen and oxygen atoms in total. The molecule has 0 unspecified atom stereocenters. The Labute approximate surface area is 194 Å². The fourth-order valence-corrected chi connectivity index (χ4v) is 5.69. The van der Waals surface area contributed by atoms with Crippen molar-refractivity contribution in [3.63, 3.8) is 0 Å². The van der Waals surface area contributed by atoms with E-state index in [0.29, 0.717) is 31.1 Å². The van der Waals surface area contributed by atoms with Crippen molar-refractivity contribution in [2.45, 2.75) is 51.3 Å². The monoisotopic (exact) mass is 470 g/mol. The Bertz CT molecular complexity index is 1270. The number of carbonyl (C=O) groups excluding carboxylic acids is 1. The molecular formula is C25H30N2O5S. The van der Waals surface area contributed by atoms with Crippen LogP contribution in [0.15, 0.2) is 45.9 Å². The smallest absolute Gasteiger partial charge is 0.243 e. The fraction of sp³-hybridized carbons (Fsp3) is 0.400. The maximum Gasteiger partial charge on any atom is 0.243 e. The first-order valence-electron chi connectivity index (χ1n) is 11.3. The van der Waals surface area contributed by atoms with Crippen molar-refractivity contribution < 1.29 is 22.4 Å². The van der Waals surface area contributed by atoms with Crippen LogP contribution in [0.5, 0.6) is 5.75 Å². The predicted molar refractivity (Wildman–Crippen MR) is 128 cm³/mol. The van der Waals surface area contributed by atoms with Gasteiger partial charge in [0.1, 0.15) is 11.3 Å². The van der Waals surface area contributed by atoms with Crippen LogP contribution in [0, 0.1) is 13.8 Å². The SMILES string of the molecule is CCOc1ccc(S(=O)(=O)N2CCCCC2)cc1NC(=O)Cc1coc2cc(C)c(C)cc12. The number of carbonyl (C=O) groups is 1. The normalized spacial score (nSPS) is 15.0.